The van der Waals surface area contributed by atoms with E-state index in [0.29, 0.717) is 29.4 Å². The standard InChI is InChI=1S/C28H39FN10O2/c1-15(2)39-21(11-12-30-39)27(40)32-23(22(17-5-6-17)18-7-8-18)28(41)31-20-14-37(34-25(20)29)24(19-9-10-19)26-33-35-36-38(26)13-16-3-4-16/h11-12,14-19,22-24,35-36H,3-10,13H2,1-2H3,(H,31,41)(H,32,40)/t23-,24?/m0/s1. The summed E-state index contributed by atoms with van der Waals surface area (Å²) >= 11 is 0. The SMILES string of the molecule is CC(C)n1nccc1C(=O)N[C@H](C(=O)Nc1cn(C(C2=NNNN2CC2CC2)C2CC2)nc1F)C(C1CC1)C1CC1. The lowest BCUT2D eigenvalue weighted by Crippen LogP contribution is -2.50. The van der Waals surface area contributed by atoms with Crippen molar-refractivity contribution >= 4 is 23.3 Å². The summed E-state index contributed by atoms with van der Waals surface area (Å²) in [6.07, 6.45) is 11.8. The first-order valence-corrected chi connectivity index (χ1v) is 15.1. The Morgan fingerprint density at radius 2 is 1.78 bits per heavy atom. The molecule has 4 N–H and O–H groups in total. The summed E-state index contributed by atoms with van der Waals surface area (Å²) in [5.74, 6) is 1.02. The number of nitrogens with one attached hydrogen (secondary N) is 4. The zero-order valence-electron chi connectivity index (χ0n) is 23.6. The zero-order chi connectivity index (χ0) is 28.2. The molecular weight excluding hydrogens is 527 g/mol. The summed E-state index contributed by atoms with van der Waals surface area (Å²) in [7, 11) is 0. The van der Waals surface area contributed by atoms with Gasteiger partial charge < -0.3 is 10.6 Å². The zero-order valence-corrected chi connectivity index (χ0v) is 23.6. The average Bonchev–Trinajstić information content (AvgIpc) is 3.74. The van der Waals surface area contributed by atoms with Gasteiger partial charge >= 0.3 is 0 Å². The number of halogens is 1. The van der Waals surface area contributed by atoms with Crippen LogP contribution in [-0.2, 0) is 4.79 Å². The number of anilines is 1. The van der Waals surface area contributed by atoms with E-state index in [-0.39, 0.29) is 29.6 Å². The molecule has 4 saturated carbocycles. The Morgan fingerprint density at radius 1 is 1.07 bits per heavy atom. The lowest BCUT2D eigenvalue weighted by Gasteiger charge is -2.27. The molecule has 4 aliphatic carbocycles. The Bertz CT molecular complexity index is 1330. The summed E-state index contributed by atoms with van der Waals surface area (Å²) in [6.45, 7) is 4.74. The van der Waals surface area contributed by atoms with Crippen molar-refractivity contribution in [2.45, 2.75) is 83.3 Å². The Balaban J connectivity index is 1.12. The molecule has 3 heterocycles. The molecule has 220 valence electrons. The maximum absolute atomic E-state index is 15.3. The molecule has 0 radical (unpaired) electrons. The number of hydrogen-bond donors (Lipinski definition) is 4. The van der Waals surface area contributed by atoms with Crippen molar-refractivity contribution in [2.24, 2.45) is 34.7 Å². The molecule has 2 aromatic rings. The number of amides is 2. The minimum absolute atomic E-state index is 0.00453. The maximum Gasteiger partial charge on any atom is 0.270 e. The molecular formula is C28H39FN10O2. The second-order valence-corrected chi connectivity index (χ2v) is 12.8. The monoisotopic (exact) mass is 566 g/mol. The first-order valence-electron chi connectivity index (χ1n) is 15.1. The molecule has 12 nitrogen and oxygen atoms in total. The predicted octanol–water partition coefficient (Wildman–Crippen LogP) is 2.97. The number of hydrogen-bond acceptors (Lipinski definition) is 8. The summed E-state index contributed by atoms with van der Waals surface area (Å²) < 4.78 is 18.6. The Morgan fingerprint density at radius 3 is 2.41 bits per heavy atom. The van der Waals surface area contributed by atoms with Gasteiger partial charge in [0, 0.05) is 18.8 Å². The van der Waals surface area contributed by atoms with Crippen LogP contribution in [0, 0.1) is 35.5 Å². The molecule has 1 unspecified atom stereocenters. The number of hydrazine groups is 2. The van der Waals surface area contributed by atoms with Gasteiger partial charge in [-0.25, -0.2) is 5.53 Å². The Kier molecular flexibility index (Phi) is 6.71. The number of rotatable bonds is 13. The number of nitrogens with zero attached hydrogens (tertiary/aromatic N) is 6. The minimum Gasteiger partial charge on any atom is -0.339 e. The van der Waals surface area contributed by atoms with Crippen molar-refractivity contribution in [1.29, 1.82) is 0 Å². The molecule has 7 rings (SSSR count). The summed E-state index contributed by atoms with van der Waals surface area (Å²) in [5, 5.41) is 20.8. The lowest BCUT2D eigenvalue weighted by molar-refractivity contribution is -0.119. The van der Waals surface area contributed by atoms with Gasteiger partial charge in [-0.1, -0.05) is 0 Å². The molecule has 2 atom stereocenters. The third-order valence-electron chi connectivity index (χ3n) is 9.01. The first kappa shape index (κ1) is 26.4. The van der Waals surface area contributed by atoms with Crippen LogP contribution in [0.4, 0.5) is 10.1 Å². The second-order valence-electron chi connectivity index (χ2n) is 12.8. The highest BCUT2D eigenvalue weighted by Gasteiger charge is 2.49. The van der Waals surface area contributed by atoms with Crippen LogP contribution in [0.2, 0.25) is 0 Å². The van der Waals surface area contributed by atoms with Crippen LogP contribution in [0.5, 0.6) is 0 Å². The van der Waals surface area contributed by atoms with Crippen LogP contribution in [0.25, 0.3) is 0 Å². The lowest BCUT2D eigenvalue weighted by atomic mass is 9.88. The molecule has 2 amide bonds. The highest BCUT2D eigenvalue weighted by atomic mass is 19.1. The van der Waals surface area contributed by atoms with Crippen molar-refractivity contribution in [3.8, 4) is 0 Å². The molecule has 0 saturated heterocycles. The van der Waals surface area contributed by atoms with E-state index in [2.05, 4.69) is 37.0 Å². The maximum atomic E-state index is 15.3. The van der Waals surface area contributed by atoms with E-state index < -0.39 is 17.9 Å². The van der Waals surface area contributed by atoms with E-state index in [9.17, 15) is 9.59 Å². The summed E-state index contributed by atoms with van der Waals surface area (Å²) in [4.78, 5) is 27.3. The minimum atomic E-state index is -0.776. The van der Waals surface area contributed by atoms with Crippen molar-refractivity contribution in [1.82, 2.24) is 41.0 Å². The fraction of sp³-hybridized carbons (Fsp3) is 0.679. The van der Waals surface area contributed by atoms with Gasteiger partial charge in [-0.05, 0) is 101 Å². The fourth-order valence-corrected chi connectivity index (χ4v) is 6.30. The molecule has 0 aromatic carbocycles. The van der Waals surface area contributed by atoms with Crippen LogP contribution in [0.3, 0.4) is 0 Å². The number of hydrazone groups is 1. The van der Waals surface area contributed by atoms with Gasteiger partial charge in [0.15, 0.2) is 5.84 Å². The van der Waals surface area contributed by atoms with Gasteiger partial charge in [-0.2, -0.15) is 9.49 Å². The van der Waals surface area contributed by atoms with Crippen LogP contribution < -0.4 is 21.7 Å². The van der Waals surface area contributed by atoms with Gasteiger partial charge in [0.1, 0.15) is 23.5 Å². The molecule has 4 fully saturated rings. The van der Waals surface area contributed by atoms with E-state index in [1.807, 2.05) is 18.9 Å². The third-order valence-corrected chi connectivity index (χ3v) is 9.01. The predicted molar refractivity (Wildman–Crippen MR) is 149 cm³/mol. The highest BCUT2D eigenvalue weighted by Crippen LogP contribution is 2.51. The van der Waals surface area contributed by atoms with Crippen molar-refractivity contribution in [3.05, 3.63) is 30.1 Å². The molecule has 5 aliphatic rings. The van der Waals surface area contributed by atoms with Gasteiger partial charge in [-0.15, -0.1) is 15.7 Å². The van der Waals surface area contributed by atoms with Crippen molar-refractivity contribution < 1.29 is 14.0 Å². The molecule has 0 spiro atoms. The van der Waals surface area contributed by atoms with E-state index >= 15 is 4.39 Å². The average molecular weight is 567 g/mol. The summed E-state index contributed by atoms with van der Waals surface area (Å²) in [6, 6.07) is 0.641. The Labute approximate surface area is 238 Å². The normalized spacial score (nSPS) is 22.1. The van der Waals surface area contributed by atoms with E-state index in [4.69, 9.17) is 0 Å². The van der Waals surface area contributed by atoms with Crippen LogP contribution in [0.1, 0.15) is 87.8 Å². The van der Waals surface area contributed by atoms with Gasteiger partial charge in [0.2, 0.25) is 5.91 Å². The number of aromatic nitrogens is 4. The van der Waals surface area contributed by atoms with Crippen LogP contribution >= 0.6 is 0 Å². The van der Waals surface area contributed by atoms with Crippen LogP contribution in [0.15, 0.2) is 23.6 Å². The molecule has 13 heteroatoms. The first-order chi connectivity index (χ1) is 19.9. The molecule has 41 heavy (non-hydrogen) atoms. The topological polar surface area (TPSA) is 134 Å². The molecule has 2 aromatic heterocycles. The smallest absolute Gasteiger partial charge is 0.270 e. The number of carbonyl (C=O) groups is 2. The third kappa shape index (κ3) is 5.55. The molecule has 0 bridgehead atoms. The second kappa shape index (κ2) is 10.4. The fourth-order valence-electron chi connectivity index (χ4n) is 6.30. The molecule has 1 aliphatic heterocycles. The Hall–Kier alpha value is -3.48. The van der Waals surface area contributed by atoms with Crippen molar-refractivity contribution in [2.75, 3.05) is 11.9 Å². The van der Waals surface area contributed by atoms with E-state index in [1.54, 1.807) is 27.8 Å². The quantitative estimate of drug-likeness (QED) is 0.293. The highest BCUT2D eigenvalue weighted by molar-refractivity contribution is 6.00. The summed E-state index contributed by atoms with van der Waals surface area (Å²) in [5.41, 5.74) is 6.38. The van der Waals surface area contributed by atoms with E-state index in [0.717, 1.165) is 50.9 Å². The van der Waals surface area contributed by atoms with Crippen molar-refractivity contribution in [3.63, 3.8) is 0 Å². The number of amidine groups is 1. The number of carbonyl (C=O) groups excluding carboxylic acids is 2. The van der Waals surface area contributed by atoms with Gasteiger partial charge in [-0.3, -0.25) is 24.0 Å². The van der Waals surface area contributed by atoms with Gasteiger partial charge in [0.25, 0.3) is 11.9 Å². The van der Waals surface area contributed by atoms with Gasteiger partial charge in [0.05, 0.1) is 6.20 Å². The van der Waals surface area contributed by atoms with Crippen LogP contribution in [-0.4, -0.2) is 54.8 Å². The van der Waals surface area contributed by atoms with E-state index in [1.165, 1.54) is 12.8 Å². The largest absolute Gasteiger partial charge is 0.339 e.